The summed E-state index contributed by atoms with van der Waals surface area (Å²) in [5, 5.41) is 0. The lowest BCUT2D eigenvalue weighted by atomic mass is 9.89. The molecule has 0 aliphatic heterocycles. The molecule has 1 aliphatic carbocycles. The van der Waals surface area contributed by atoms with E-state index in [2.05, 4.69) is 6.92 Å². The Morgan fingerprint density at radius 1 is 1.14 bits per heavy atom. The predicted octanol–water partition coefficient (Wildman–Crippen LogP) is 3.64. The van der Waals surface area contributed by atoms with E-state index in [0.29, 0.717) is 6.10 Å². The van der Waals surface area contributed by atoms with Crippen molar-refractivity contribution in [3.8, 4) is 5.75 Å². The van der Waals surface area contributed by atoms with Gasteiger partial charge in [0, 0.05) is 0 Å². The Hall–Kier alpha value is -0.980. The van der Waals surface area contributed by atoms with E-state index in [1.165, 1.54) is 25.7 Å². The molecule has 1 saturated carbocycles. The first kappa shape index (κ1) is 9.57. The summed E-state index contributed by atoms with van der Waals surface area (Å²) in [7, 11) is 0. The third-order valence-electron chi connectivity index (χ3n) is 2.93. The third kappa shape index (κ3) is 2.50. The van der Waals surface area contributed by atoms with Crippen molar-refractivity contribution in [2.75, 3.05) is 0 Å². The molecule has 0 aromatic heterocycles. The Labute approximate surface area is 86.1 Å². The summed E-state index contributed by atoms with van der Waals surface area (Å²) < 4.78 is 5.93. The van der Waals surface area contributed by atoms with Gasteiger partial charge in [-0.3, -0.25) is 0 Å². The highest BCUT2D eigenvalue weighted by molar-refractivity contribution is 5.21. The highest BCUT2D eigenvalue weighted by Gasteiger charge is 2.19. The zero-order valence-electron chi connectivity index (χ0n) is 8.78. The Morgan fingerprint density at radius 3 is 2.64 bits per heavy atom. The summed E-state index contributed by atoms with van der Waals surface area (Å²) in [6.45, 7) is 2.32. The van der Waals surface area contributed by atoms with Crippen molar-refractivity contribution in [1.82, 2.24) is 0 Å². The van der Waals surface area contributed by atoms with Crippen LogP contribution in [0.1, 0.15) is 32.6 Å². The normalized spacial score (nSPS) is 27.2. The molecule has 1 heteroatoms. The van der Waals surface area contributed by atoms with Gasteiger partial charge in [0.25, 0.3) is 0 Å². The van der Waals surface area contributed by atoms with Gasteiger partial charge in [-0.05, 0) is 37.3 Å². The fraction of sp³-hybridized carbons (Fsp3) is 0.538. The molecule has 1 aromatic rings. The van der Waals surface area contributed by atoms with Crippen molar-refractivity contribution >= 4 is 0 Å². The number of ether oxygens (including phenoxy) is 1. The summed E-state index contributed by atoms with van der Waals surface area (Å²) in [4.78, 5) is 0. The van der Waals surface area contributed by atoms with Crippen LogP contribution in [0.3, 0.4) is 0 Å². The van der Waals surface area contributed by atoms with Gasteiger partial charge < -0.3 is 4.74 Å². The number of para-hydroxylation sites is 1. The molecule has 0 saturated heterocycles. The topological polar surface area (TPSA) is 9.23 Å². The van der Waals surface area contributed by atoms with Crippen LogP contribution in [-0.2, 0) is 0 Å². The van der Waals surface area contributed by atoms with Crippen LogP contribution < -0.4 is 4.74 Å². The van der Waals surface area contributed by atoms with Crippen molar-refractivity contribution in [3.63, 3.8) is 0 Å². The van der Waals surface area contributed by atoms with Crippen LogP contribution in [-0.4, -0.2) is 6.10 Å². The van der Waals surface area contributed by atoms with E-state index in [1.54, 1.807) is 0 Å². The Bertz CT molecular complexity index is 268. The summed E-state index contributed by atoms with van der Waals surface area (Å²) in [6.07, 6.45) is 5.57. The lowest BCUT2D eigenvalue weighted by Crippen LogP contribution is -2.23. The molecule has 0 spiro atoms. The van der Waals surface area contributed by atoms with Gasteiger partial charge in [0.05, 0.1) is 6.10 Å². The molecule has 1 aliphatic rings. The van der Waals surface area contributed by atoms with Crippen LogP contribution in [0.15, 0.2) is 30.3 Å². The SMILES string of the molecule is CC1CCCC(Oc2ccccc2)C1. The van der Waals surface area contributed by atoms with Gasteiger partial charge in [-0.1, -0.05) is 31.5 Å². The van der Waals surface area contributed by atoms with Gasteiger partial charge in [-0.15, -0.1) is 0 Å². The molecule has 1 nitrogen and oxygen atoms in total. The number of rotatable bonds is 2. The Morgan fingerprint density at radius 2 is 1.93 bits per heavy atom. The molecule has 1 fully saturated rings. The summed E-state index contributed by atoms with van der Waals surface area (Å²) in [6, 6.07) is 10.2. The first-order valence-corrected chi connectivity index (χ1v) is 5.56. The second-order valence-electron chi connectivity index (χ2n) is 4.32. The second kappa shape index (κ2) is 4.50. The molecule has 0 N–H and O–H groups in total. The first-order chi connectivity index (χ1) is 6.84. The van der Waals surface area contributed by atoms with Crippen molar-refractivity contribution in [3.05, 3.63) is 30.3 Å². The molecule has 2 rings (SSSR count). The van der Waals surface area contributed by atoms with Crippen LogP contribution in [0, 0.1) is 5.92 Å². The van der Waals surface area contributed by atoms with Crippen LogP contribution >= 0.6 is 0 Å². The van der Waals surface area contributed by atoms with Crippen LogP contribution in [0.2, 0.25) is 0 Å². The molecule has 0 bridgehead atoms. The zero-order valence-corrected chi connectivity index (χ0v) is 8.78. The van der Waals surface area contributed by atoms with Crippen LogP contribution in [0.25, 0.3) is 0 Å². The van der Waals surface area contributed by atoms with E-state index in [1.807, 2.05) is 30.3 Å². The van der Waals surface area contributed by atoms with E-state index in [-0.39, 0.29) is 0 Å². The highest BCUT2D eigenvalue weighted by atomic mass is 16.5. The maximum absolute atomic E-state index is 5.93. The molecular formula is C13H18O. The average molecular weight is 190 g/mol. The van der Waals surface area contributed by atoms with E-state index in [0.717, 1.165) is 11.7 Å². The van der Waals surface area contributed by atoms with Gasteiger partial charge >= 0.3 is 0 Å². The monoisotopic (exact) mass is 190 g/mol. The minimum atomic E-state index is 0.446. The first-order valence-electron chi connectivity index (χ1n) is 5.56. The summed E-state index contributed by atoms with van der Waals surface area (Å²) in [5.41, 5.74) is 0. The van der Waals surface area contributed by atoms with Crippen LogP contribution in [0.4, 0.5) is 0 Å². The van der Waals surface area contributed by atoms with Gasteiger partial charge in [0.1, 0.15) is 5.75 Å². The maximum Gasteiger partial charge on any atom is 0.119 e. The molecule has 0 radical (unpaired) electrons. The number of hydrogen-bond acceptors (Lipinski definition) is 1. The predicted molar refractivity (Wildman–Crippen MR) is 58.5 cm³/mol. The molecule has 1 aromatic carbocycles. The quantitative estimate of drug-likeness (QED) is 0.691. The number of benzene rings is 1. The van der Waals surface area contributed by atoms with E-state index < -0.39 is 0 Å². The van der Waals surface area contributed by atoms with Gasteiger partial charge in [0.2, 0.25) is 0 Å². The summed E-state index contributed by atoms with van der Waals surface area (Å²) >= 11 is 0. The third-order valence-corrected chi connectivity index (χ3v) is 2.93. The standard InChI is InChI=1S/C13H18O/c1-11-6-5-9-13(10-11)14-12-7-3-2-4-8-12/h2-4,7-8,11,13H,5-6,9-10H2,1H3. The molecule has 0 amide bonds. The fourth-order valence-corrected chi connectivity index (χ4v) is 2.18. The fourth-order valence-electron chi connectivity index (χ4n) is 2.18. The van der Waals surface area contributed by atoms with Crippen molar-refractivity contribution < 1.29 is 4.74 Å². The molecule has 0 heterocycles. The van der Waals surface area contributed by atoms with E-state index in [9.17, 15) is 0 Å². The van der Waals surface area contributed by atoms with E-state index in [4.69, 9.17) is 4.74 Å². The minimum Gasteiger partial charge on any atom is -0.490 e. The average Bonchev–Trinajstić information content (AvgIpc) is 2.19. The second-order valence-corrected chi connectivity index (χ2v) is 4.32. The lowest BCUT2D eigenvalue weighted by Gasteiger charge is -2.27. The lowest BCUT2D eigenvalue weighted by molar-refractivity contribution is 0.129. The minimum absolute atomic E-state index is 0.446. The van der Waals surface area contributed by atoms with E-state index >= 15 is 0 Å². The van der Waals surface area contributed by atoms with Gasteiger partial charge in [-0.2, -0.15) is 0 Å². The summed E-state index contributed by atoms with van der Waals surface area (Å²) in [5.74, 6) is 1.85. The zero-order chi connectivity index (χ0) is 9.80. The molecular weight excluding hydrogens is 172 g/mol. The Kier molecular flexibility index (Phi) is 3.07. The van der Waals surface area contributed by atoms with Gasteiger partial charge in [0.15, 0.2) is 0 Å². The smallest absolute Gasteiger partial charge is 0.119 e. The largest absolute Gasteiger partial charge is 0.490 e. The maximum atomic E-state index is 5.93. The molecule has 2 atom stereocenters. The van der Waals surface area contributed by atoms with Crippen LogP contribution in [0.5, 0.6) is 5.75 Å². The highest BCUT2D eigenvalue weighted by Crippen LogP contribution is 2.27. The van der Waals surface area contributed by atoms with Crippen molar-refractivity contribution in [1.29, 1.82) is 0 Å². The molecule has 2 unspecified atom stereocenters. The van der Waals surface area contributed by atoms with Crippen molar-refractivity contribution in [2.24, 2.45) is 5.92 Å². The molecule has 76 valence electrons. The Balaban J connectivity index is 1.91. The van der Waals surface area contributed by atoms with Crippen molar-refractivity contribution in [2.45, 2.75) is 38.7 Å². The number of hydrogen-bond donors (Lipinski definition) is 0. The molecule has 14 heavy (non-hydrogen) atoms. The van der Waals surface area contributed by atoms with Gasteiger partial charge in [-0.25, -0.2) is 0 Å².